The lowest BCUT2D eigenvalue weighted by Crippen LogP contribution is -2.23. The van der Waals surface area contributed by atoms with E-state index in [9.17, 15) is 4.79 Å². The van der Waals surface area contributed by atoms with Crippen molar-refractivity contribution in [1.29, 1.82) is 0 Å². The van der Waals surface area contributed by atoms with Crippen molar-refractivity contribution >= 4 is 23.1 Å². The third-order valence-corrected chi connectivity index (χ3v) is 3.20. The Hall–Kier alpha value is -1.99. The number of carbonyl (C=O) groups excluding carboxylic acids is 1. The summed E-state index contributed by atoms with van der Waals surface area (Å²) >= 11 is 1.50. The number of nitrogens with two attached hydrogens (primary N) is 1. The molecule has 1 amide bonds. The van der Waals surface area contributed by atoms with E-state index in [4.69, 9.17) is 5.84 Å². The first kappa shape index (κ1) is 13.4. The van der Waals surface area contributed by atoms with Crippen molar-refractivity contribution < 1.29 is 4.79 Å². The number of pyridine rings is 1. The second kappa shape index (κ2) is 6.26. The van der Waals surface area contributed by atoms with E-state index in [2.05, 4.69) is 20.7 Å². The summed E-state index contributed by atoms with van der Waals surface area (Å²) in [5.41, 5.74) is 6.40. The summed E-state index contributed by atoms with van der Waals surface area (Å²) in [4.78, 5) is 20.4. The van der Waals surface area contributed by atoms with Crippen molar-refractivity contribution in [2.45, 2.75) is 19.9 Å². The summed E-state index contributed by atoms with van der Waals surface area (Å²) in [5.74, 6) is 5.66. The number of nitrogens with one attached hydrogen (secondary N) is 2. The fraction of sp³-hybridized carbons (Fsp3) is 0.250. The Balaban J connectivity index is 2.09. The normalized spacial score (nSPS) is 10.2. The monoisotopic (exact) mass is 277 g/mol. The second-order valence-electron chi connectivity index (χ2n) is 3.89. The molecule has 0 aliphatic carbocycles. The minimum atomic E-state index is -0.165. The number of hydrazine groups is 1. The molecule has 0 unspecified atom stereocenters. The first-order valence-electron chi connectivity index (χ1n) is 5.85. The molecule has 0 saturated carbocycles. The van der Waals surface area contributed by atoms with E-state index >= 15 is 0 Å². The Bertz CT molecular complexity index is 533. The van der Waals surface area contributed by atoms with Gasteiger partial charge in [0.1, 0.15) is 5.82 Å². The summed E-state index contributed by atoms with van der Waals surface area (Å²) in [6.07, 6.45) is 0.738. The molecular formula is C12H15N5OS. The minimum absolute atomic E-state index is 0.165. The first-order valence-corrected chi connectivity index (χ1v) is 6.80. The average Bonchev–Trinajstić information content (AvgIpc) is 2.97. The number of nitrogen functional groups attached to an aromatic ring is 1. The van der Waals surface area contributed by atoms with E-state index in [-0.39, 0.29) is 5.91 Å². The third-order valence-electron chi connectivity index (χ3n) is 2.56. The van der Waals surface area contributed by atoms with Crippen LogP contribution >= 0.6 is 11.3 Å². The smallest absolute Gasteiger partial charge is 0.251 e. The van der Waals surface area contributed by atoms with Crippen LogP contribution in [-0.4, -0.2) is 15.9 Å². The van der Waals surface area contributed by atoms with Crippen LogP contribution in [0.1, 0.15) is 28.7 Å². The number of carbonyl (C=O) groups is 1. The summed E-state index contributed by atoms with van der Waals surface area (Å²) in [6.45, 7) is 2.39. The molecule has 0 atom stereocenters. The summed E-state index contributed by atoms with van der Waals surface area (Å²) in [7, 11) is 0. The van der Waals surface area contributed by atoms with Gasteiger partial charge in [-0.05, 0) is 18.6 Å². The molecule has 2 heterocycles. The summed E-state index contributed by atoms with van der Waals surface area (Å²) in [6, 6.07) is 3.38. The Labute approximate surface area is 115 Å². The standard InChI is InChI=1S/C12H15N5OS/c1-2-9-3-8(4-11(16-9)17-13)12(18)14-5-10-6-19-7-15-10/h3-4,6-7H,2,5,13H2,1H3,(H,14,18)(H,16,17). The van der Waals surface area contributed by atoms with Gasteiger partial charge in [0, 0.05) is 16.6 Å². The quantitative estimate of drug-likeness (QED) is 0.566. The zero-order valence-electron chi connectivity index (χ0n) is 10.5. The van der Waals surface area contributed by atoms with Gasteiger partial charge in [0.05, 0.1) is 17.7 Å². The zero-order valence-corrected chi connectivity index (χ0v) is 11.3. The van der Waals surface area contributed by atoms with Crippen LogP contribution in [0.4, 0.5) is 5.82 Å². The molecule has 2 aromatic heterocycles. The van der Waals surface area contributed by atoms with Gasteiger partial charge in [-0.3, -0.25) is 4.79 Å². The van der Waals surface area contributed by atoms with Crippen molar-refractivity contribution in [2.24, 2.45) is 5.84 Å². The van der Waals surface area contributed by atoms with Crippen LogP contribution in [0, 0.1) is 0 Å². The molecule has 6 nitrogen and oxygen atoms in total. The van der Waals surface area contributed by atoms with E-state index in [1.54, 1.807) is 17.6 Å². The first-order chi connectivity index (χ1) is 9.22. The molecule has 0 radical (unpaired) electrons. The van der Waals surface area contributed by atoms with E-state index < -0.39 is 0 Å². The molecule has 0 aromatic carbocycles. The van der Waals surface area contributed by atoms with Crippen molar-refractivity contribution in [2.75, 3.05) is 5.43 Å². The maximum Gasteiger partial charge on any atom is 0.251 e. The number of rotatable bonds is 5. The Morgan fingerprint density at radius 2 is 2.26 bits per heavy atom. The molecule has 100 valence electrons. The van der Waals surface area contributed by atoms with E-state index in [1.807, 2.05) is 12.3 Å². The third kappa shape index (κ3) is 3.49. The van der Waals surface area contributed by atoms with Crippen molar-refractivity contribution in [1.82, 2.24) is 15.3 Å². The number of thiazole rings is 1. The molecule has 0 saturated heterocycles. The molecule has 4 N–H and O–H groups in total. The predicted molar refractivity (Wildman–Crippen MR) is 74.7 cm³/mol. The van der Waals surface area contributed by atoms with Gasteiger partial charge in [0.15, 0.2) is 0 Å². The van der Waals surface area contributed by atoms with Crippen LogP contribution in [0.15, 0.2) is 23.0 Å². The molecule has 19 heavy (non-hydrogen) atoms. The highest BCUT2D eigenvalue weighted by atomic mass is 32.1. The largest absolute Gasteiger partial charge is 0.346 e. The highest BCUT2D eigenvalue weighted by Gasteiger charge is 2.09. The fourth-order valence-electron chi connectivity index (χ4n) is 1.57. The number of aromatic nitrogens is 2. The maximum atomic E-state index is 12.0. The molecule has 7 heteroatoms. The van der Waals surface area contributed by atoms with Crippen molar-refractivity contribution in [3.63, 3.8) is 0 Å². The van der Waals surface area contributed by atoms with Crippen LogP contribution in [0.25, 0.3) is 0 Å². The van der Waals surface area contributed by atoms with Gasteiger partial charge >= 0.3 is 0 Å². The van der Waals surface area contributed by atoms with Gasteiger partial charge in [0.25, 0.3) is 5.91 Å². The van der Waals surface area contributed by atoms with Gasteiger partial charge < -0.3 is 10.7 Å². The molecule has 2 aromatic rings. The van der Waals surface area contributed by atoms with Gasteiger partial charge in [-0.1, -0.05) is 6.92 Å². The number of hydrogen-bond donors (Lipinski definition) is 3. The molecule has 0 spiro atoms. The van der Waals surface area contributed by atoms with Gasteiger partial charge in [-0.2, -0.15) is 0 Å². The van der Waals surface area contributed by atoms with Crippen molar-refractivity contribution in [3.05, 3.63) is 40.0 Å². The SMILES string of the molecule is CCc1cc(C(=O)NCc2cscn2)cc(NN)n1. The molecular weight excluding hydrogens is 262 g/mol. The average molecular weight is 277 g/mol. The molecule has 0 aliphatic rings. The fourth-order valence-corrected chi connectivity index (χ4v) is 2.13. The Morgan fingerprint density at radius 1 is 1.42 bits per heavy atom. The van der Waals surface area contributed by atoms with Gasteiger partial charge in [-0.25, -0.2) is 15.8 Å². The van der Waals surface area contributed by atoms with Crippen LogP contribution < -0.4 is 16.6 Å². The van der Waals surface area contributed by atoms with Crippen LogP contribution in [0.5, 0.6) is 0 Å². The van der Waals surface area contributed by atoms with Crippen LogP contribution in [-0.2, 0) is 13.0 Å². The Morgan fingerprint density at radius 3 is 2.89 bits per heavy atom. The summed E-state index contributed by atoms with van der Waals surface area (Å²) < 4.78 is 0. The van der Waals surface area contributed by atoms with E-state index in [1.165, 1.54) is 11.3 Å². The second-order valence-corrected chi connectivity index (χ2v) is 4.61. The lowest BCUT2D eigenvalue weighted by molar-refractivity contribution is 0.0950. The minimum Gasteiger partial charge on any atom is -0.346 e. The number of nitrogens with zero attached hydrogens (tertiary/aromatic N) is 2. The van der Waals surface area contributed by atoms with Crippen LogP contribution in [0.3, 0.4) is 0 Å². The van der Waals surface area contributed by atoms with Gasteiger partial charge in [0.2, 0.25) is 0 Å². The topological polar surface area (TPSA) is 92.9 Å². The Kier molecular flexibility index (Phi) is 4.43. The lowest BCUT2D eigenvalue weighted by Gasteiger charge is -2.07. The number of aryl methyl sites for hydroxylation is 1. The molecule has 2 rings (SSSR count). The molecule has 0 aliphatic heterocycles. The number of anilines is 1. The number of hydrogen-bond acceptors (Lipinski definition) is 6. The summed E-state index contributed by atoms with van der Waals surface area (Å²) in [5, 5.41) is 4.71. The highest BCUT2D eigenvalue weighted by Crippen LogP contribution is 2.10. The van der Waals surface area contributed by atoms with Crippen molar-refractivity contribution in [3.8, 4) is 0 Å². The zero-order chi connectivity index (χ0) is 13.7. The van der Waals surface area contributed by atoms with E-state index in [0.717, 1.165) is 17.8 Å². The van der Waals surface area contributed by atoms with E-state index in [0.29, 0.717) is 17.9 Å². The maximum absolute atomic E-state index is 12.0. The predicted octanol–water partition coefficient (Wildman–Crippen LogP) is 1.32. The molecule has 0 fully saturated rings. The number of amides is 1. The van der Waals surface area contributed by atoms with Crippen LogP contribution in [0.2, 0.25) is 0 Å². The lowest BCUT2D eigenvalue weighted by atomic mass is 10.2. The highest BCUT2D eigenvalue weighted by molar-refractivity contribution is 7.07. The molecule has 0 bridgehead atoms. The van der Waals surface area contributed by atoms with Gasteiger partial charge in [-0.15, -0.1) is 11.3 Å².